The highest BCUT2D eigenvalue weighted by atomic mass is 19.3. The van der Waals surface area contributed by atoms with Crippen molar-refractivity contribution in [1.29, 1.82) is 0 Å². The molecule has 7 nitrogen and oxygen atoms in total. The number of benzene rings is 1. The molecule has 0 radical (unpaired) electrons. The molecule has 3 rings (SSSR count). The summed E-state index contributed by atoms with van der Waals surface area (Å²) in [4.78, 5) is 38.1. The van der Waals surface area contributed by atoms with Crippen LogP contribution in [0, 0.1) is 6.92 Å². The van der Waals surface area contributed by atoms with Crippen molar-refractivity contribution in [2.24, 2.45) is 0 Å². The highest BCUT2D eigenvalue weighted by Crippen LogP contribution is 2.57. The Balaban J connectivity index is 2.18. The molecule has 3 N–H and O–H groups in total. The summed E-state index contributed by atoms with van der Waals surface area (Å²) in [5.41, 5.74) is -3.38. The molecule has 0 fully saturated rings. The number of hydrogen-bond donors (Lipinski definition) is 3. The number of hydrogen-bond acceptors (Lipinski definition) is 7. The van der Waals surface area contributed by atoms with Gasteiger partial charge < -0.3 is 20.3 Å². The SMILES string of the molecule is CC(=O)c1c(O)c(C)c(O)c2c1OC1=CC(=O)/C(=C(/C)NCC(F)(F)C(F)F)C(=O)[C@]12C. The minimum absolute atomic E-state index is 0.110. The molecule has 2 aliphatic rings. The van der Waals surface area contributed by atoms with Crippen molar-refractivity contribution in [3.05, 3.63) is 39.8 Å². The molecule has 0 unspecified atom stereocenters. The number of carbonyl (C=O) groups excluding carboxylic acids is 3. The van der Waals surface area contributed by atoms with Crippen LogP contribution in [0.25, 0.3) is 0 Å². The molecule has 172 valence electrons. The van der Waals surface area contributed by atoms with E-state index in [1.165, 1.54) is 13.8 Å². The number of allylic oxidation sites excluding steroid dienone is 4. The van der Waals surface area contributed by atoms with Crippen molar-refractivity contribution < 1.29 is 46.9 Å². The number of carbonyl (C=O) groups is 3. The quantitative estimate of drug-likeness (QED) is 0.270. The fourth-order valence-corrected chi connectivity index (χ4v) is 3.78. The number of phenols is 2. The number of fused-ring (bicyclic) bond motifs is 3. The highest BCUT2D eigenvalue weighted by molar-refractivity contribution is 6.31. The predicted molar refractivity (Wildman–Crippen MR) is 102 cm³/mol. The second kappa shape index (κ2) is 7.35. The van der Waals surface area contributed by atoms with Crippen LogP contribution in [0.15, 0.2) is 23.1 Å². The van der Waals surface area contributed by atoms with E-state index in [4.69, 9.17) is 4.74 Å². The zero-order valence-electron chi connectivity index (χ0n) is 17.4. The first-order valence-corrected chi connectivity index (χ1v) is 9.36. The van der Waals surface area contributed by atoms with Gasteiger partial charge in [0.1, 0.15) is 34.0 Å². The lowest BCUT2D eigenvalue weighted by Crippen LogP contribution is -2.43. The third-order valence-electron chi connectivity index (χ3n) is 5.67. The Bertz CT molecular complexity index is 1140. The minimum atomic E-state index is -4.40. The van der Waals surface area contributed by atoms with Crippen LogP contribution >= 0.6 is 0 Å². The van der Waals surface area contributed by atoms with E-state index in [2.05, 4.69) is 0 Å². The smallest absolute Gasteiger partial charge is 0.324 e. The summed E-state index contributed by atoms with van der Waals surface area (Å²) in [5.74, 6) is -8.58. The summed E-state index contributed by atoms with van der Waals surface area (Å²) in [7, 11) is 0. The number of aromatic hydroxyl groups is 2. The van der Waals surface area contributed by atoms with Crippen LogP contribution in [0.1, 0.15) is 42.3 Å². The molecular formula is C21H19F4NO6. The Kier molecular flexibility index (Phi) is 5.35. The molecule has 1 aromatic carbocycles. The number of ketones is 3. The van der Waals surface area contributed by atoms with Gasteiger partial charge in [-0.05, 0) is 27.7 Å². The fraction of sp³-hybridized carbons (Fsp3) is 0.381. The van der Waals surface area contributed by atoms with Gasteiger partial charge in [-0.25, -0.2) is 8.78 Å². The zero-order valence-corrected chi connectivity index (χ0v) is 17.4. The number of nitrogens with one attached hydrogen (secondary N) is 1. The van der Waals surface area contributed by atoms with Crippen molar-refractivity contribution in [1.82, 2.24) is 5.32 Å². The number of halogens is 4. The largest absolute Gasteiger partial charge is 0.507 e. The monoisotopic (exact) mass is 457 g/mol. The van der Waals surface area contributed by atoms with E-state index in [9.17, 15) is 42.2 Å². The van der Waals surface area contributed by atoms with Crippen molar-refractivity contribution in [2.75, 3.05) is 6.54 Å². The highest BCUT2D eigenvalue weighted by Gasteiger charge is 2.56. The topological polar surface area (TPSA) is 113 Å². The molecule has 1 aliphatic heterocycles. The average molecular weight is 457 g/mol. The summed E-state index contributed by atoms with van der Waals surface area (Å²) in [6, 6.07) is 0. The van der Waals surface area contributed by atoms with Crippen LogP contribution in [0.4, 0.5) is 17.6 Å². The Hall–Kier alpha value is -3.37. The Morgan fingerprint density at radius 1 is 1.22 bits per heavy atom. The van der Waals surface area contributed by atoms with Gasteiger partial charge >= 0.3 is 12.3 Å². The lowest BCUT2D eigenvalue weighted by Gasteiger charge is -2.29. The second-order valence-corrected chi connectivity index (χ2v) is 7.80. The summed E-state index contributed by atoms with van der Waals surface area (Å²) < 4.78 is 57.0. The van der Waals surface area contributed by atoms with Crippen molar-refractivity contribution in [3.63, 3.8) is 0 Å². The van der Waals surface area contributed by atoms with E-state index >= 15 is 0 Å². The molecule has 0 aromatic heterocycles. The first kappa shape index (κ1) is 23.3. The van der Waals surface area contributed by atoms with Gasteiger partial charge in [0, 0.05) is 17.3 Å². The maximum absolute atomic E-state index is 13.4. The van der Waals surface area contributed by atoms with Gasteiger partial charge in [0.15, 0.2) is 17.3 Å². The van der Waals surface area contributed by atoms with E-state index < -0.39 is 58.7 Å². The van der Waals surface area contributed by atoms with Crippen molar-refractivity contribution in [3.8, 4) is 17.2 Å². The third-order valence-corrected chi connectivity index (χ3v) is 5.67. The summed E-state index contributed by atoms with van der Waals surface area (Å²) in [6.07, 6.45) is -3.06. The maximum Gasteiger partial charge on any atom is 0.324 e. The molecule has 0 saturated heterocycles. The van der Waals surface area contributed by atoms with Gasteiger partial charge in [0.25, 0.3) is 0 Å². The van der Waals surface area contributed by atoms with Gasteiger partial charge in [-0.2, -0.15) is 8.78 Å². The molecule has 32 heavy (non-hydrogen) atoms. The van der Waals surface area contributed by atoms with E-state index in [1.54, 1.807) is 0 Å². The standard InChI is InChI=1S/C21H19F4NO6/c1-7-15(29)13(9(3)27)17-14(16(7)30)20(4)11(32-17)5-10(28)12(18(20)31)8(2)26-6-21(24,25)19(22)23/h5,19,26,29-30H,6H2,1-4H3/b12-8+/t20-/m1/s1. The Morgan fingerprint density at radius 3 is 2.34 bits per heavy atom. The van der Waals surface area contributed by atoms with Crippen LogP contribution in [0.5, 0.6) is 17.2 Å². The summed E-state index contributed by atoms with van der Waals surface area (Å²) in [6.45, 7) is 3.31. The van der Waals surface area contributed by atoms with Crippen LogP contribution < -0.4 is 10.1 Å². The minimum Gasteiger partial charge on any atom is -0.507 e. The fourth-order valence-electron chi connectivity index (χ4n) is 3.78. The molecule has 1 atom stereocenters. The molecule has 1 aliphatic carbocycles. The van der Waals surface area contributed by atoms with Crippen LogP contribution in [-0.2, 0) is 15.0 Å². The summed E-state index contributed by atoms with van der Waals surface area (Å²) >= 11 is 0. The van der Waals surface area contributed by atoms with E-state index in [0.29, 0.717) is 0 Å². The van der Waals surface area contributed by atoms with Gasteiger partial charge in [0.2, 0.25) is 0 Å². The van der Waals surface area contributed by atoms with Crippen LogP contribution in [0.3, 0.4) is 0 Å². The second-order valence-electron chi connectivity index (χ2n) is 7.80. The molecule has 1 heterocycles. The van der Waals surface area contributed by atoms with E-state index in [0.717, 1.165) is 19.9 Å². The van der Waals surface area contributed by atoms with Gasteiger partial charge in [-0.3, -0.25) is 14.4 Å². The average Bonchev–Trinajstić information content (AvgIpc) is 2.97. The first-order chi connectivity index (χ1) is 14.7. The van der Waals surface area contributed by atoms with Crippen molar-refractivity contribution in [2.45, 2.75) is 45.5 Å². The zero-order chi connectivity index (χ0) is 24.3. The molecule has 1 aromatic rings. The van der Waals surface area contributed by atoms with Gasteiger partial charge in [0.05, 0.1) is 17.7 Å². The van der Waals surface area contributed by atoms with E-state index in [-0.39, 0.29) is 33.9 Å². The lowest BCUT2D eigenvalue weighted by atomic mass is 9.70. The van der Waals surface area contributed by atoms with Crippen molar-refractivity contribution >= 4 is 17.3 Å². The summed E-state index contributed by atoms with van der Waals surface area (Å²) in [5, 5.41) is 23.0. The number of phenolic OH excluding ortho intramolecular Hbond substituents is 2. The molecule has 0 saturated carbocycles. The third kappa shape index (κ3) is 3.14. The van der Waals surface area contributed by atoms with Gasteiger partial charge in [-0.15, -0.1) is 0 Å². The molecule has 0 spiro atoms. The predicted octanol–water partition coefficient (Wildman–Crippen LogP) is 3.06. The van der Waals surface area contributed by atoms with Crippen LogP contribution in [0.2, 0.25) is 0 Å². The van der Waals surface area contributed by atoms with Gasteiger partial charge in [-0.1, -0.05) is 0 Å². The number of alkyl halides is 4. The number of ether oxygens (including phenoxy) is 1. The van der Waals surface area contributed by atoms with Crippen LogP contribution in [-0.4, -0.2) is 46.5 Å². The maximum atomic E-state index is 13.4. The number of Topliss-reactive ketones (excluding diaryl/α,β-unsaturated/α-hetero) is 2. The first-order valence-electron chi connectivity index (χ1n) is 9.36. The lowest BCUT2D eigenvalue weighted by molar-refractivity contribution is -0.125. The molecule has 0 bridgehead atoms. The molecule has 0 amide bonds. The Morgan fingerprint density at radius 2 is 1.81 bits per heavy atom. The Labute approximate surface area is 179 Å². The molecule has 11 heteroatoms. The normalized spacial score (nSPS) is 21.7. The van der Waals surface area contributed by atoms with E-state index in [1.807, 2.05) is 5.32 Å². The number of rotatable bonds is 5. The molecular weight excluding hydrogens is 438 g/mol.